The van der Waals surface area contributed by atoms with E-state index in [1.165, 1.54) is 38.9 Å². The van der Waals surface area contributed by atoms with Gasteiger partial charge in [0.25, 0.3) is 0 Å². The van der Waals surface area contributed by atoms with Crippen LogP contribution >= 0.6 is 24.0 Å². The lowest BCUT2D eigenvalue weighted by Gasteiger charge is -2.30. The van der Waals surface area contributed by atoms with Crippen LogP contribution in [0.25, 0.3) is 0 Å². The lowest BCUT2D eigenvalue weighted by atomic mass is 10.0. The minimum atomic E-state index is 0. The molecule has 1 fully saturated rings. The van der Waals surface area contributed by atoms with Crippen LogP contribution < -0.4 is 20.1 Å². The number of piperidine rings is 1. The van der Waals surface area contributed by atoms with Gasteiger partial charge in [-0.05, 0) is 63.7 Å². The molecule has 1 aromatic carbocycles. The van der Waals surface area contributed by atoms with Gasteiger partial charge < -0.3 is 25.0 Å². The summed E-state index contributed by atoms with van der Waals surface area (Å²) in [5.74, 6) is 3.09. The SMILES string of the molecule is CCOc1ccc(NC(=NC)NCCCCN2CCCC(C)C2)cc1OC.I. The molecule has 1 aromatic rings. The third-order valence-corrected chi connectivity index (χ3v) is 4.88. The summed E-state index contributed by atoms with van der Waals surface area (Å²) in [6.45, 7) is 9.58. The number of methoxy groups -OCH3 is 1. The van der Waals surface area contributed by atoms with E-state index in [-0.39, 0.29) is 24.0 Å². The Bertz CT molecular complexity index is 598. The summed E-state index contributed by atoms with van der Waals surface area (Å²) in [6, 6.07) is 5.81. The number of unbranched alkanes of at least 4 members (excludes halogenated alkanes) is 1. The van der Waals surface area contributed by atoms with Gasteiger partial charge in [0.2, 0.25) is 0 Å². The van der Waals surface area contributed by atoms with Gasteiger partial charge in [0.05, 0.1) is 13.7 Å². The van der Waals surface area contributed by atoms with Crippen LogP contribution in [0.3, 0.4) is 0 Å². The highest BCUT2D eigenvalue weighted by atomic mass is 127. The van der Waals surface area contributed by atoms with E-state index >= 15 is 0 Å². The molecule has 1 saturated heterocycles. The van der Waals surface area contributed by atoms with E-state index in [0.29, 0.717) is 12.4 Å². The molecule has 1 heterocycles. The Labute approximate surface area is 187 Å². The van der Waals surface area contributed by atoms with Gasteiger partial charge in [-0.3, -0.25) is 4.99 Å². The van der Waals surface area contributed by atoms with Gasteiger partial charge in [-0.15, -0.1) is 24.0 Å². The predicted octanol–water partition coefficient (Wildman–Crippen LogP) is 4.21. The highest BCUT2D eigenvalue weighted by Gasteiger charge is 2.15. The Morgan fingerprint density at radius 3 is 2.79 bits per heavy atom. The quantitative estimate of drug-likeness (QED) is 0.229. The minimum absolute atomic E-state index is 0. The third kappa shape index (κ3) is 8.43. The van der Waals surface area contributed by atoms with Crippen molar-refractivity contribution in [1.82, 2.24) is 10.2 Å². The Balaban J connectivity index is 0.00000392. The fraction of sp³-hybridized carbons (Fsp3) is 0.667. The van der Waals surface area contributed by atoms with Gasteiger partial charge in [0.1, 0.15) is 0 Å². The molecule has 1 aliphatic heterocycles. The molecule has 6 nitrogen and oxygen atoms in total. The number of anilines is 1. The Kier molecular flexibility index (Phi) is 12.3. The number of hydrogen-bond donors (Lipinski definition) is 2. The number of nitrogens with zero attached hydrogens (tertiary/aromatic N) is 2. The van der Waals surface area contributed by atoms with Crippen LogP contribution in [0.1, 0.15) is 39.5 Å². The number of likely N-dealkylation sites (tertiary alicyclic amines) is 1. The highest BCUT2D eigenvalue weighted by molar-refractivity contribution is 14.0. The van der Waals surface area contributed by atoms with Crippen LogP contribution in [-0.2, 0) is 0 Å². The molecule has 2 rings (SSSR count). The van der Waals surface area contributed by atoms with E-state index in [0.717, 1.165) is 36.3 Å². The number of aliphatic imine (C=N–C) groups is 1. The van der Waals surface area contributed by atoms with E-state index in [9.17, 15) is 0 Å². The molecule has 1 atom stereocenters. The maximum Gasteiger partial charge on any atom is 0.195 e. The van der Waals surface area contributed by atoms with E-state index in [2.05, 4.69) is 27.4 Å². The number of rotatable bonds is 9. The molecule has 0 saturated carbocycles. The summed E-state index contributed by atoms with van der Waals surface area (Å²) < 4.78 is 11.0. The standard InChI is InChI=1S/C21H36N4O2.HI/c1-5-27-19-11-10-18(15-20(19)26-4)24-21(22-3)23-12-6-7-13-25-14-8-9-17(2)16-25;/h10-11,15,17H,5-9,12-14,16H2,1-4H3,(H2,22,23,24);1H. The first-order chi connectivity index (χ1) is 13.2. The van der Waals surface area contributed by atoms with Gasteiger partial charge in [-0.2, -0.15) is 0 Å². The monoisotopic (exact) mass is 504 g/mol. The Morgan fingerprint density at radius 1 is 1.29 bits per heavy atom. The van der Waals surface area contributed by atoms with Crippen molar-refractivity contribution in [3.05, 3.63) is 18.2 Å². The van der Waals surface area contributed by atoms with E-state index in [1.54, 1.807) is 14.2 Å². The molecular formula is C21H37IN4O2. The second-order valence-electron chi connectivity index (χ2n) is 7.18. The van der Waals surface area contributed by atoms with Crippen LogP contribution in [0, 0.1) is 5.92 Å². The smallest absolute Gasteiger partial charge is 0.195 e. The number of halogens is 1. The van der Waals surface area contributed by atoms with Gasteiger partial charge in [0.15, 0.2) is 17.5 Å². The van der Waals surface area contributed by atoms with E-state index in [4.69, 9.17) is 9.47 Å². The number of benzene rings is 1. The summed E-state index contributed by atoms with van der Waals surface area (Å²) in [5.41, 5.74) is 0.922. The number of hydrogen-bond acceptors (Lipinski definition) is 4. The zero-order valence-corrected chi connectivity index (χ0v) is 20.1. The second kappa shape index (κ2) is 13.9. The van der Waals surface area contributed by atoms with Crippen molar-refractivity contribution in [3.63, 3.8) is 0 Å². The molecule has 0 bridgehead atoms. The first-order valence-corrected chi connectivity index (χ1v) is 10.2. The summed E-state index contributed by atoms with van der Waals surface area (Å²) in [5, 5.41) is 6.70. The maximum atomic E-state index is 5.56. The van der Waals surface area contributed by atoms with E-state index < -0.39 is 0 Å². The fourth-order valence-electron chi connectivity index (χ4n) is 3.49. The maximum absolute atomic E-state index is 5.56. The molecular weight excluding hydrogens is 467 g/mol. The molecule has 1 unspecified atom stereocenters. The Hall–Kier alpha value is -1.22. The first-order valence-electron chi connectivity index (χ1n) is 10.2. The molecule has 1 aliphatic rings. The van der Waals surface area contributed by atoms with Crippen molar-refractivity contribution < 1.29 is 9.47 Å². The summed E-state index contributed by atoms with van der Waals surface area (Å²) in [4.78, 5) is 6.91. The lowest BCUT2D eigenvalue weighted by Crippen LogP contribution is -2.35. The van der Waals surface area contributed by atoms with Gasteiger partial charge in [-0.25, -0.2) is 0 Å². The van der Waals surface area contributed by atoms with Crippen molar-refractivity contribution in [2.75, 3.05) is 52.3 Å². The molecule has 2 N–H and O–H groups in total. The van der Waals surface area contributed by atoms with Gasteiger partial charge in [0, 0.05) is 31.9 Å². The molecule has 160 valence electrons. The Morgan fingerprint density at radius 2 is 2.11 bits per heavy atom. The van der Waals surface area contributed by atoms with Crippen molar-refractivity contribution in [1.29, 1.82) is 0 Å². The second-order valence-corrected chi connectivity index (χ2v) is 7.18. The minimum Gasteiger partial charge on any atom is -0.493 e. The molecule has 7 heteroatoms. The zero-order valence-electron chi connectivity index (χ0n) is 17.8. The molecule has 0 amide bonds. The molecule has 0 aliphatic carbocycles. The van der Waals surface area contributed by atoms with Gasteiger partial charge >= 0.3 is 0 Å². The van der Waals surface area contributed by atoms with Crippen LogP contribution in [0.5, 0.6) is 11.5 Å². The van der Waals surface area contributed by atoms with Gasteiger partial charge in [-0.1, -0.05) is 6.92 Å². The van der Waals surface area contributed by atoms with Crippen LogP contribution in [0.2, 0.25) is 0 Å². The molecule has 0 radical (unpaired) electrons. The van der Waals surface area contributed by atoms with Crippen LogP contribution in [0.4, 0.5) is 5.69 Å². The van der Waals surface area contributed by atoms with Crippen molar-refractivity contribution in [3.8, 4) is 11.5 Å². The van der Waals surface area contributed by atoms with Crippen LogP contribution in [-0.4, -0.2) is 57.8 Å². The number of nitrogens with one attached hydrogen (secondary N) is 2. The normalized spacial score (nSPS) is 17.6. The average molecular weight is 504 g/mol. The predicted molar refractivity (Wildman–Crippen MR) is 129 cm³/mol. The molecule has 0 spiro atoms. The summed E-state index contributed by atoms with van der Waals surface area (Å²) in [6.07, 6.45) is 5.09. The average Bonchev–Trinajstić information content (AvgIpc) is 2.68. The lowest BCUT2D eigenvalue weighted by molar-refractivity contribution is 0.181. The number of guanidine groups is 1. The number of ether oxygens (including phenoxy) is 2. The molecule has 28 heavy (non-hydrogen) atoms. The van der Waals surface area contributed by atoms with Crippen molar-refractivity contribution in [2.24, 2.45) is 10.9 Å². The zero-order chi connectivity index (χ0) is 19.5. The highest BCUT2D eigenvalue weighted by Crippen LogP contribution is 2.30. The van der Waals surface area contributed by atoms with Crippen molar-refractivity contribution >= 4 is 35.6 Å². The summed E-state index contributed by atoms with van der Waals surface area (Å²) in [7, 11) is 3.44. The fourth-order valence-corrected chi connectivity index (χ4v) is 3.49. The molecule has 0 aromatic heterocycles. The van der Waals surface area contributed by atoms with E-state index in [1.807, 2.05) is 25.1 Å². The largest absolute Gasteiger partial charge is 0.493 e. The van der Waals surface area contributed by atoms with Crippen LogP contribution in [0.15, 0.2) is 23.2 Å². The third-order valence-electron chi connectivity index (χ3n) is 4.88. The topological polar surface area (TPSA) is 58.1 Å². The first kappa shape index (κ1) is 24.8. The van der Waals surface area contributed by atoms with Crippen molar-refractivity contribution in [2.45, 2.75) is 39.5 Å². The summed E-state index contributed by atoms with van der Waals surface area (Å²) >= 11 is 0.